The zero-order valence-electron chi connectivity index (χ0n) is 21.7. The number of rotatable bonds is 5. The van der Waals surface area contributed by atoms with Gasteiger partial charge in [0.25, 0.3) is 11.3 Å². The minimum atomic E-state index is -2.36. The summed E-state index contributed by atoms with van der Waals surface area (Å²) in [6.45, 7) is 0.602. The molecule has 1 saturated heterocycles. The van der Waals surface area contributed by atoms with E-state index in [9.17, 15) is 40.2 Å². The lowest BCUT2D eigenvalue weighted by atomic mass is 9.86. The van der Waals surface area contributed by atoms with Gasteiger partial charge < -0.3 is 49.5 Å². The van der Waals surface area contributed by atoms with Gasteiger partial charge in [-0.05, 0) is 18.6 Å². The second kappa shape index (κ2) is 9.66. The third-order valence-electron chi connectivity index (χ3n) is 7.93. The molecule has 3 aromatic rings. The highest BCUT2D eigenvalue weighted by molar-refractivity contribution is 5.98. The normalized spacial score (nSPS) is 30.7. The fourth-order valence-corrected chi connectivity index (χ4v) is 5.50. The number of esters is 1. The van der Waals surface area contributed by atoms with Crippen LogP contribution in [0.2, 0.25) is 0 Å². The number of hydrogen-bond acceptors (Lipinski definition) is 13. The molecule has 14 heteroatoms. The summed E-state index contributed by atoms with van der Waals surface area (Å²) in [6, 6.07) is 8.64. The van der Waals surface area contributed by atoms with Crippen molar-refractivity contribution in [3.05, 3.63) is 62.9 Å². The van der Waals surface area contributed by atoms with Gasteiger partial charge in [-0.1, -0.05) is 30.3 Å². The predicted molar refractivity (Wildman–Crippen MR) is 138 cm³/mol. The van der Waals surface area contributed by atoms with Crippen molar-refractivity contribution >= 4 is 23.1 Å². The summed E-state index contributed by atoms with van der Waals surface area (Å²) in [4.78, 5) is 35.8. The van der Waals surface area contributed by atoms with Gasteiger partial charge in [-0.2, -0.15) is 0 Å². The molecule has 0 saturated carbocycles. The minimum absolute atomic E-state index is 0.0150. The van der Waals surface area contributed by atoms with E-state index in [0.29, 0.717) is 27.9 Å². The van der Waals surface area contributed by atoms with Crippen LogP contribution >= 0.6 is 0 Å². The number of carbonyl (C=O) groups excluding carboxylic acids is 1. The van der Waals surface area contributed by atoms with E-state index in [-0.39, 0.29) is 36.3 Å². The summed E-state index contributed by atoms with van der Waals surface area (Å²) in [7, 11) is 0. The van der Waals surface area contributed by atoms with Crippen molar-refractivity contribution in [1.82, 2.24) is 9.55 Å². The van der Waals surface area contributed by atoms with Gasteiger partial charge in [-0.15, -0.1) is 0 Å². The molecule has 6 atom stereocenters. The van der Waals surface area contributed by atoms with Crippen LogP contribution in [0.4, 0.5) is 0 Å². The summed E-state index contributed by atoms with van der Waals surface area (Å²) in [5.74, 6) is -3.17. The summed E-state index contributed by atoms with van der Waals surface area (Å²) in [6.07, 6.45) is -6.39. The maximum Gasteiger partial charge on any atom is 0.343 e. The molecule has 216 valence electrons. The Morgan fingerprint density at radius 2 is 1.98 bits per heavy atom. The summed E-state index contributed by atoms with van der Waals surface area (Å²) < 4.78 is 11.7. The van der Waals surface area contributed by atoms with Crippen LogP contribution in [0, 0.1) is 0 Å². The van der Waals surface area contributed by atoms with Crippen LogP contribution in [0.3, 0.4) is 0 Å². The lowest BCUT2D eigenvalue weighted by Crippen LogP contribution is -2.66. The van der Waals surface area contributed by atoms with Crippen LogP contribution < -0.4 is 5.56 Å². The lowest BCUT2D eigenvalue weighted by Gasteiger charge is -2.43. The molecule has 14 nitrogen and oxygen atoms in total. The van der Waals surface area contributed by atoms with Crippen LogP contribution in [0.1, 0.15) is 35.6 Å². The fraction of sp³-hybridized carbons (Fsp3) is 0.407. The Labute approximate surface area is 231 Å². The third-order valence-corrected chi connectivity index (χ3v) is 7.93. The number of aliphatic hydroxyl groups is 6. The third kappa shape index (κ3) is 3.99. The minimum Gasteiger partial charge on any atom is -0.458 e. The summed E-state index contributed by atoms with van der Waals surface area (Å²) in [5, 5.41) is 65.3. The van der Waals surface area contributed by atoms with E-state index in [1.54, 1.807) is 31.2 Å². The Hall–Kier alpha value is -3.76. The van der Waals surface area contributed by atoms with Crippen LogP contribution in [0.15, 0.2) is 40.3 Å². The number of ether oxygens (including phenoxy) is 2. The highest BCUT2D eigenvalue weighted by Crippen LogP contribution is 2.39. The van der Waals surface area contributed by atoms with E-state index in [0.717, 1.165) is 5.56 Å². The number of fused-ring (bicyclic) bond motifs is 5. The summed E-state index contributed by atoms with van der Waals surface area (Å²) in [5.41, 5.74) is 0.580. The van der Waals surface area contributed by atoms with Crippen molar-refractivity contribution in [3.63, 3.8) is 0 Å². The molecule has 0 aliphatic carbocycles. The van der Waals surface area contributed by atoms with Gasteiger partial charge in [0.15, 0.2) is 18.0 Å². The smallest absolute Gasteiger partial charge is 0.343 e. The molecule has 0 bridgehead atoms. The highest BCUT2D eigenvalue weighted by atomic mass is 16.8. The number of oxime groups is 1. The van der Waals surface area contributed by atoms with Gasteiger partial charge in [0, 0.05) is 22.1 Å². The molecule has 0 amide bonds. The number of para-hydroxylation sites is 1. The molecule has 6 rings (SSSR count). The Kier molecular flexibility index (Phi) is 6.46. The monoisotopic (exact) mass is 569 g/mol. The van der Waals surface area contributed by atoms with E-state index in [1.807, 2.05) is 6.07 Å². The van der Waals surface area contributed by atoms with Crippen LogP contribution in [0.25, 0.3) is 22.3 Å². The molecule has 5 heterocycles. The number of hydrogen-bond donors (Lipinski definition) is 6. The number of cyclic esters (lactones) is 1. The number of benzene rings is 1. The van der Waals surface area contributed by atoms with E-state index in [2.05, 4.69) is 5.16 Å². The molecule has 0 spiro atoms. The maximum absolute atomic E-state index is 13.4. The largest absolute Gasteiger partial charge is 0.458 e. The number of aromatic nitrogens is 2. The van der Waals surface area contributed by atoms with E-state index in [1.165, 1.54) is 10.8 Å². The summed E-state index contributed by atoms with van der Waals surface area (Å²) >= 11 is 0. The van der Waals surface area contributed by atoms with Crippen molar-refractivity contribution in [1.29, 1.82) is 0 Å². The first-order chi connectivity index (χ1) is 19.5. The predicted octanol–water partition coefficient (Wildman–Crippen LogP) is -1.45. The first kappa shape index (κ1) is 27.4. The first-order valence-electron chi connectivity index (χ1n) is 12.9. The quantitative estimate of drug-likeness (QED) is 0.0925. The molecule has 41 heavy (non-hydrogen) atoms. The lowest BCUT2D eigenvalue weighted by molar-refractivity contribution is -0.402. The Bertz CT molecular complexity index is 1660. The Morgan fingerprint density at radius 3 is 2.71 bits per heavy atom. The molecule has 6 N–H and O–H groups in total. The molecule has 3 aliphatic heterocycles. The number of pyridine rings is 2. The van der Waals surface area contributed by atoms with Gasteiger partial charge in [0.2, 0.25) is 0 Å². The Morgan fingerprint density at radius 1 is 1.20 bits per heavy atom. The second-order valence-corrected chi connectivity index (χ2v) is 10.2. The van der Waals surface area contributed by atoms with E-state index in [4.69, 9.17) is 19.3 Å². The molecule has 2 aromatic heterocycles. The van der Waals surface area contributed by atoms with Gasteiger partial charge >= 0.3 is 5.97 Å². The van der Waals surface area contributed by atoms with Crippen molar-refractivity contribution in [2.24, 2.45) is 5.16 Å². The molecule has 0 unspecified atom stereocenters. The molecule has 3 aliphatic rings. The van der Waals surface area contributed by atoms with E-state index < -0.39 is 48.6 Å². The molecule has 0 radical (unpaired) electrons. The standard InChI is InChI=1S/C27H27N3O11/c1-2-26(38)16-7-17-19-14(9-30(17)23(35)15(16)10-39-25(26)37)6-12-4-3-5-13(18(12)29-19)8-28-41-27(11-31)22(34)20(32)21(33)24(36)40-27/h3-8,20-22,24,31-34,36,38H,2,9-11H2,1H3/b28-8+/t20-,21+,22-,24-,26-,27+/m0/s1. The highest BCUT2D eigenvalue weighted by Gasteiger charge is 2.56. The van der Waals surface area contributed by atoms with Gasteiger partial charge in [-0.3, -0.25) is 4.79 Å². The first-order valence-corrected chi connectivity index (χ1v) is 12.9. The molecular weight excluding hydrogens is 542 g/mol. The van der Waals surface area contributed by atoms with E-state index >= 15 is 0 Å². The number of nitrogens with zero attached hydrogens (tertiary/aromatic N) is 3. The van der Waals surface area contributed by atoms with Gasteiger partial charge in [0.05, 0.1) is 35.2 Å². The fourth-order valence-electron chi connectivity index (χ4n) is 5.50. The van der Waals surface area contributed by atoms with Crippen molar-refractivity contribution in [3.8, 4) is 11.4 Å². The topological polar surface area (TPSA) is 213 Å². The Balaban J connectivity index is 1.39. The van der Waals surface area contributed by atoms with Crippen molar-refractivity contribution in [2.45, 2.75) is 62.5 Å². The average Bonchev–Trinajstić information content (AvgIpc) is 3.33. The number of aliphatic hydroxyl groups excluding tert-OH is 5. The zero-order chi connectivity index (χ0) is 29.3. The SMILES string of the molecule is CC[C@@]1(O)C(=O)OCc2c1cc1n(c2=O)Cc2cc3cccc(/C=N/O[C@@]4(CO)O[C@H](O)[C@H](O)[C@H](O)[C@@H]4O)c3nc2-1. The van der Waals surface area contributed by atoms with Gasteiger partial charge in [-0.25, -0.2) is 9.78 Å². The molecule has 1 fully saturated rings. The van der Waals surface area contributed by atoms with Crippen LogP contribution in [-0.2, 0) is 37.9 Å². The number of carbonyl (C=O) groups is 1. The molecular formula is C27H27N3O11. The average molecular weight is 570 g/mol. The van der Waals surface area contributed by atoms with Crippen molar-refractivity contribution < 1.29 is 49.7 Å². The zero-order valence-corrected chi connectivity index (χ0v) is 21.7. The maximum atomic E-state index is 13.4. The van der Waals surface area contributed by atoms with Crippen LogP contribution in [-0.4, -0.2) is 89.4 Å². The van der Waals surface area contributed by atoms with Crippen LogP contribution in [0.5, 0.6) is 0 Å². The van der Waals surface area contributed by atoms with Crippen molar-refractivity contribution in [2.75, 3.05) is 6.61 Å². The molecule has 1 aromatic carbocycles. The van der Waals surface area contributed by atoms with Gasteiger partial charge in [0.1, 0.15) is 25.4 Å². The second-order valence-electron chi connectivity index (χ2n) is 10.2.